The van der Waals surface area contributed by atoms with E-state index in [1.165, 1.54) is 0 Å². The number of pyridine rings is 4. The van der Waals surface area contributed by atoms with E-state index in [9.17, 15) is 0 Å². The molecule has 0 amide bonds. The summed E-state index contributed by atoms with van der Waals surface area (Å²) in [7, 11) is 0. The Hall–Kier alpha value is -6.05. The molecular formula is C40H26N6S. The summed E-state index contributed by atoms with van der Waals surface area (Å²) in [6.07, 6.45) is 7.28. The van der Waals surface area contributed by atoms with E-state index >= 15 is 0 Å². The van der Waals surface area contributed by atoms with Crippen molar-refractivity contribution in [1.29, 1.82) is 5.41 Å². The molecule has 7 heteroatoms. The molecule has 6 nitrogen and oxygen atoms in total. The molecule has 0 radical (unpaired) electrons. The lowest BCUT2D eigenvalue weighted by Gasteiger charge is -2.19. The van der Waals surface area contributed by atoms with Crippen molar-refractivity contribution in [2.45, 2.75) is 0 Å². The molecule has 0 bridgehead atoms. The number of thiol groups is 1. The molecule has 3 aromatic carbocycles. The van der Waals surface area contributed by atoms with Crippen LogP contribution in [0.25, 0.3) is 73.3 Å². The molecule has 4 heterocycles. The molecule has 0 aliphatic heterocycles. The number of nitrogens with one attached hydrogen (secondary N) is 1. The minimum absolute atomic E-state index is 0.335. The molecule has 0 spiro atoms. The van der Waals surface area contributed by atoms with E-state index in [1.807, 2.05) is 66.7 Å². The van der Waals surface area contributed by atoms with Crippen molar-refractivity contribution in [1.82, 2.24) is 19.9 Å². The molecule has 0 unspecified atom stereocenters. The zero-order chi connectivity index (χ0) is 31.7. The molecule has 222 valence electrons. The van der Waals surface area contributed by atoms with Crippen LogP contribution >= 0.6 is 12.8 Å². The van der Waals surface area contributed by atoms with Gasteiger partial charge >= 0.3 is 0 Å². The quantitative estimate of drug-likeness (QED) is 0.187. The monoisotopic (exact) mass is 622 g/mol. The molecule has 1 aliphatic rings. The average Bonchev–Trinajstić information content (AvgIpc) is 3.15. The van der Waals surface area contributed by atoms with E-state index in [0.29, 0.717) is 11.4 Å². The van der Waals surface area contributed by atoms with Gasteiger partial charge < -0.3 is 0 Å². The van der Waals surface area contributed by atoms with Gasteiger partial charge in [0.2, 0.25) is 0 Å². The fourth-order valence-electron chi connectivity index (χ4n) is 6.01. The highest BCUT2D eigenvalue weighted by Crippen LogP contribution is 2.36. The lowest BCUT2D eigenvalue weighted by Crippen LogP contribution is -2.18. The number of benzene rings is 3. The lowest BCUT2D eigenvalue weighted by molar-refractivity contribution is 1.22. The number of nitrogens with zero attached hydrogens (tertiary/aromatic N) is 5. The van der Waals surface area contributed by atoms with E-state index in [0.717, 1.165) is 78.3 Å². The maximum Gasteiger partial charge on any atom is 0.104 e. The first-order valence-electron chi connectivity index (χ1n) is 15.1. The smallest absolute Gasteiger partial charge is 0.104 e. The fourth-order valence-corrected chi connectivity index (χ4v) is 6.22. The highest BCUT2D eigenvalue weighted by molar-refractivity contribution is 7.79. The molecule has 0 saturated carbocycles. The first-order valence-corrected chi connectivity index (χ1v) is 15.5. The Labute approximate surface area is 277 Å². The van der Waals surface area contributed by atoms with Crippen LogP contribution in [0.15, 0.2) is 144 Å². The Bertz CT molecular complexity index is 2290. The van der Waals surface area contributed by atoms with Crippen molar-refractivity contribution in [3.63, 3.8) is 0 Å². The summed E-state index contributed by atoms with van der Waals surface area (Å²) in [6, 6.07) is 40.9. The predicted molar refractivity (Wildman–Crippen MR) is 195 cm³/mol. The zero-order valence-electron chi connectivity index (χ0n) is 25.0. The van der Waals surface area contributed by atoms with Gasteiger partial charge in [-0.15, -0.1) is 0 Å². The van der Waals surface area contributed by atoms with Gasteiger partial charge in [-0.2, -0.15) is 0 Å². The Morgan fingerprint density at radius 2 is 1.09 bits per heavy atom. The fraction of sp³-hybridized carbons (Fsp3) is 0. The third-order valence-corrected chi connectivity index (χ3v) is 8.53. The van der Waals surface area contributed by atoms with Crippen molar-refractivity contribution in [2.75, 3.05) is 0 Å². The molecule has 1 aliphatic carbocycles. The second-order valence-electron chi connectivity index (χ2n) is 11.2. The van der Waals surface area contributed by atoms with Crippen LogP contribution in [0.2, 0.25) is 0 Å². The highest BCUT2D eigenvalue weighted by Gasteiger charge is 2.23. The normalized spacial score (nSPS) is 13.2. The van der Waals surface area contributed by atoms with Crippen LogP contribution in [0.1, 0.15) is 11.1 Å². The number of para-hydroxylation sites is 1. The van der Waals surface area contributed by atoms with Crippen molar-refractivity contribution in [2.24, 2.45) is 4.40 Å². The molecule has 0 fully saturated rings. The summed E-state index contributed by atoms with van der Waals surface area (Å²) in [6.45, 7) is 0. The maximum absolute atomic E-state index is 8.42. The number of allylic oxidation sites excluding steroid dienone is 1. The van der Waals surface area contributed by atoms with Gasteiger partial charge in [-0.3, -0.25) is 15.4 Å². The van der Waals surface area contributed by atoms with Crippen LogP contribution in [0.4, 0.5) is 0 Å². The minimum atomic E-state index is 0.335. The summed E-state index contributed by atoms with van der Waals surface area (Å²) in [5.74, 6) is 0. The van der Waals surface area contributed by atoms with Gasteiger partial charge in [-0.1, -0.05) is 78.9 Å². The van der Waals surface area contributed by atoms with Crippen LogP contribution < -0.4 is 0 Å². The van der Waals surface area contributed by atoms with Gasteiger partial charge in [-0.25, -0.2) is 14.4 Å². The average molecular weight is 623 g/mol. The van der Waals surface area contributed by atoms with Crippen molar-refractivity contribution >= 4 is 41.2 Å². The second-order valence-corrected chi connectivity index (χ2v) is 11.4. The van der Waals surface area contributed by atoms with Crippen molar-refractivity contribution in [3.05, 3.63) is 151 Å². The van der Waals surface area contributed by atoms with Crippen molar-refractivity contribution < 1.29 is 0 Å². The Morgan fingerprint density at radius 3 is 1.66 bits per heavy atom. The minimum Gasteiger partial charge on any atom is -0.299 e. The molecule has 4 aromatic heterocycles. The van der Waals surface area contributed by atoms with Crippen LogP contribution in [-0.2, 0) is 0 Å². The summed E-state index contributed by atoms with van der Waals surface area (Å²) in [4.78, 5) is 19.0. The maximum atomic E-state index is 8.42. The second kappa shape index (κ2) is 12.0. The van der Waals surface area contributed by atoms with Crippen LogP contribution in [-0.4, -0.2) is 31.4 Å². The number of fused-ring (bicyclic) bond motifs is 3. The number of aromatic nitrogens is 4. The van der Waals surface area contributed by atoms with E-state index in [4.69, 9.17) is 15.4 Å². The van der Waals surface area contributed by atoms with Gasteiger partial charge in [0.15, 0.2) is 0 Å². The summed E-state index contributed by atoms with van der Waals surface area (Å²) < 4.78 is 4.18. The Kier molecular flexibility index (Phi) is 7.28. The molecule has 0 atom stereocenters. The number of hydrogen-bond donors (Lipinski definition) is 2. The molecule has 7 aromatic rings. The van der Waals surface area contributed by atoms with E-state index in [2.05, 4.69) is 87.8 Å². The third-order valence-electron chi connectivity index (χ3n) is 8.33. The number of hydrogen-bond acceptors (Lipinski definition) is 7. The van der Waals surface area contributed by atoms with Gasteiger partial charge in [0.25, 0.3) is 0 Å². The molecule has 8 rings (SSSR count). The van der Waals surface area contributed by atoms with Crippen LogP contribution in [0, 0.1) is 5.41 Å². The Balaban J connectivity index is 1.14. The highest BCUT2D eigenvalue weighted by atomic mass is 32.1. The lowest BCUT2D eigenvalue weighted by atomic mass is 9.88. The van der Waals surface area contributed by atoms with Crippen molar-refractivity contribution in [3.8, 4) is 56.3 Å². The largest absolute Gasteiger partial charge is 0.299 e. The van der Waals surface area contributed by atoms with Gasteiger partial charge in [0.1, 0.15) is 5.71 Å². The standard InChI is InChI=1S/C40H26N6S/c41-32-20-19-31-38(40(32)46-47)30-7-1-2-8-33(30)45-39(31)28-17-15-26(16-18-28)25-11-13-27(14-12-25)29-23-36(34-9-3-5-21-42-34)44-37(24-29)35-10-4-6-22-43-35/h1-24,41,47H/b41-32?,46-40+. The SMILES string of the molecule is N=C1C=Cc2c(-c3ccc(-c4ccc(-c5cc(-c6ccccn6)nc(-c6ccccn6)c5)cc4)cc3)nc3ccccc3c2/C1=N/S. The molecule has 1 N–H and O–H groups in total. The molecule has 0 saturated heterocycles. The van der Waals surface area contributed by atoms with E-state index in [-0.39, 0.29) is 0 Å². The van der Waals surface area contributed by atoms with Gasteiger partial charge in [0.05, 0.1) is 39.7 Å². The first kappa shape index (κ1) is 28.4. The van der Waals surface area contributed by atoms with Crippen LogP contribution in [0.5, 0.6) is 0 Å². The molecular weight excluding hydrogens is 597 g/mol. The Morgan fingerprint density at radius 1 is 0.532 bits per heavy atom. The van der Waals surface area contributed by atoms with E-state index < -0.39 is 0 Å². The first-order chi connectivity index (χ1) is 23.2. The molecule has 47 heavy (non-hydrogen) atoms. The predicted octanol–water partition coefficient (Wildman–Crippen LogP) is 9.44. The summed E-state index contributed by atoms with van der Waals surface area (Å²) in [5.41, 5.74) is 13.0. The van der Waals surface area contributed by atoms with Gasteiger partial charge in [-0.05, 0) is 89.7 Å². The summed E-state index contributed by atoms with van der Waals surface area (Å²) in [5, 5.41) is 9.38. The zero-order valence-corrected chi connectivity index (χ0v) is 25.9. The summed E-state index contributed by atoms with van der Waals surface area (Å²) >= 11 is 4.21. The van der Waals surface area contributed by atoms with Crippen LogP contribution in [0.3, 0.4) is 0 Å². The van der Waals surface area contributed by atoms with Gasteiger partial charge in [0, 0.05) is 34.5 Å². The third kappa shape index (κ3) is 5.32. The topological polar surface area (TPSA) is 87.8 Å². The van der Waals surface area contributed by atoms with E-state index in [1.54, 1.807) is 18.5 Å². The number of rotatable bonds is 5.